The van der Waals surface area contributed by atoms with Gasteiger partial charge in [-0.3, -0.25) is 9.59 Å². The van der Waals surface area contributed by atoms with Crippen molar-refractivity contribution in [1.82, 2.24) is 15.3 Å². The number of hydrogen-bond donors (Lipinski definition) is 4. The van der Waals surface area contributed by atoms with Gasteiger partial charge >= 0.3 is 30.5 Å². The molecule has 0 spiro atoms. The molecule has 22 heteroatoms. The highest BCUT2D eigenvalue weighted by Gasteiger charge is 2.73. The van der Waals surface area contributed by atoms with Crippen molar-refractivity contribution in [1.29, 1.82) is 0 Å². The highest BCUT2D eigenvalue weighted by molar-refractivity contribution is 7.11. The van der Waals surface area contributed by atoms with Gasteiger partial charge in [-0.05, 0) is 42.5 Å². The molecule has 1 aliphatic carbocycles. The standard InChI is InChI=1S/C33H33F8N3O10S/c1-14(45)44-25-27(48)26(47)22(13-50-15(2)46)52-28(25)54-24-8-3-16(11-42-24)9-19(17-4-7-20(53-30(34)35)21(10-17)51-18-5-6-18)23-12-43-29(55-23)31(49,32(36,37)38)33(39,40)41/h3-4,7-8,10-12,18-19,22,25-28,30,47-49H,5-6,9,13H2,1-2H3,(H,44,45)/t19?,22-,25-,26-,27-,28+/m1/s1. The lowest BCUT2D eigenvalue weighted by atomic mass is 9.91. The molecule has 1 amide bonds. The monoisotopic (exact) mass is 815 g/mol. The number of benzene rings is 1. The Morgan fingerprint density at radius 2 is 1.65 bits per heavy atom. The first kappa shape index (κ1) is 41.8. The van der Waals surface area contributed by atoms with Crippen LogP contribution < -0.4 is 19.5 Å². The number of aliphatic hydroxyl groups is 3. The molecule has 0 radical (unpaired) electrons. The Kier molecular flexibility index (Phi) is 12.4. The lowest BCUT2D eigenvalue weighted by Gasteiger charge is -2.42. The maximum absolute atomic E-state index is 13.7. The van der Waals surface area contributed by atoms with Crippen molar-refractivity contribution in [3.63, 3.8) is 0 Å². The fourth-order valence-electron chi connectivity index (χ4n) is 5.51. The van der Waals surface area contributed by atoms with E-state index in [1.165, 1.54) is 30.5 Å². The number of nitrogens with one attached hydrogen (secondary N) is 1. The van der Waals surface area contributed by atoms with Crippen LogP contribution in [0.25, 0.3) is 0 Å². The highest BCUT2D eigenvalue weighted by atomic mass is 32.1. The van der Waals surface area contributed by atoms with Crippen molar-refractivity contribution >= 4 is 23.2 Å². The summed E-state index contributed by atoms with van der Waals surface area (Å²) in [5, 5.41) is 31.9. The third-order valence-corrected chi connectivity index (χ3v) is 9.62. The van der Waals surface area contributed by atoms with Gasteiger partial charge in [0.1, 0.15) is 36.0 Å². The van der Waals surface area contributed by atoms with E-state index >= 15 is 0 Å². The maximum Gasteiger partial charge on any atom is 0.433 e. The molecule has 4 N–H and O–H groups in total. The van der Waals surface area contributed by atoms with Crippen LogP contribution in [0.5, 0.6) is 17.4 Å². The topological polar surface area (TPSA) is 179 Å². The summed E-state index contributed by atoms with van der Waals surface area (Å²) in [6.45, 7) is -1.50. The molecule has 302 valence electrons. The SMILES string of the molecule is CC(=O)N[C@H]1[C@H](Oc2ccc(CC(c3ccc(OC(F)F)c(OC4CC4)c3)c3cnc(C(O)(C(F)(F)F)C(F)(F)F)s3)cn2)O[C@H](COC(C)=O)[C@@H](O)[C@@H]1O. The minimum absolute atomic E-state index is 0.0644. The molecule has 1 aromatic carbocycles. The van der Waals surface area contributed by atoms with Crippen LogP contribution >= 0.6 is 11.3 Å². The zero-order valence-electron chi connectivity index (χ0n) is 28.5. The molecule has 1 saturated heterocycles. The Hall–Kier alpha value is -4.38. The van der Waals surface area contributed by atoms with Crippen molar-refractivity contribution in [2.24, 2.45) is 0 Å². The number of ether oxygens (including phenoxy) is 5. The molecule has 55 heavy (non-hydrogen) atoms. The van der Waals surface area contributed by atoms with Crippen LogP contribution in [0.4, 0.5) is 35.1 Å². The van der Waals surface area contributed by atoms with Crippen LogP contribution in [0.15, 0.2) is 42.7 Å². The molecule has 6 atom stereocenters. The first-order chi connectivity index (χ1) is 25.7. The molecule has 5 rings (SSSR count). The fraction of sp³-hybridized carbons (Fsp3) is 0.515. The average molecular weight is 816 g/mol. The number of halogens is 8. The Morgan fingerprint density at radius 3 is 2.22 bits per heavy atom. The zero-order chi connectivity index (χ0) is 40.5. The first-order valence-corrected chi connectivity index (χ1v) is 17.1. The van der Waals surface area contributed by atoms with Gasteiger partial charge in [-0.2, -0.15) is 35.1 Å². The number of carbonyl (C=O) groups excluding carboxylic acids is 2. The van der Waals surface area contributed by atoms with E-state index in [0.717, 1.165) is 26.1 Å². The summed E-state index contributed by atoms with van der Waals surface area (Å²) in [5.74, 6) is -3.16. The van der Waals surface area contributed by atoms with Gasteiger partial charge in [-0.15, -0.1) is 11.3 Å². The number of esters is 1. The molecule has 1 aliphatic heterocycles. The lowest BCUT2D eigenvalue weighted by molar-refractivity contribution is -0.376. The van der Waals surface area contributed by atoms with Crippen LogP contribution in [-0.4, -0.2) is 99.5 Å². The van der Waals surface area contributed by atoms with Gasteiger partial charge in [-0.25, -0.2) is 9.97 Å². The van der Waals surface area contributed by atoms with Gasteiger partial charge in [0, 0.05) is 43.1 Å². The molecule has 0 bridgehead atoms. The molecule has 1 unspecified atom stereocenters. The molecule has 2 fully saturated rings. The molecule has 3 heterocycles. The summed E-state index contributed by atoms with van der Waals surface area (Å²) in [6, 6.07) is 4.99. The summed E-state index contributed by atoms with van der Waals surface area (Å²) >= 11 is -0.0644. The number of thiazole rings is 1. The van der Waals surface area contributed by atoms with Crippen molar-refractivity contribution < 1.29 is 83.7 Å². The number of hydrogen-bond acceptors (Lipinski definition) is 13. The molecule has 2 aliphatic rings. The van der Waals surface area contributed by atoms with Gasteiger partial charge in [0.05, 0.1) is 6.10 Å². The summed E-state index contributed by atoms with van der Waals surface area (Å²) in [6.07, 6.45) is -15.9. The Labute approximate surface area is 310 Å². The van der Waals surface area contributed by atoms with E-state index < -0.39 is 84.6 Å². The first-order valence-electron chi connectivity index (χ1n) is 16.3. The average Bonchev–Trinajstić information content (AvgIpc) is 3.77. The molecule has 2 aromatic heterocycles. The summed E-state index contributed by atoms with van der Waals surface area (Å²) in [5.41, 5.74) is -4.83. The molecular weight excluding hydrogens is 782 g/mol. The predicted molar refractivity (Wildman–Crippen MR) is 170 cm³/mol. The third kappa shape index (κ3) is 9.72. The number of amides is 1. The Morgan fingerprint density at radius 1 is 0.964 bits per heavy atom. The molecule has 3 aromatic rings. The number of aromatic nitrogens is 2. The van der Waals surface area contributed by atoms with Crippen LogP contribution in [-0.2, 0) is 31.1 Å². The minimum Gasteiger partial charge on any atom is -0.487 e. The summed E-state index contributed by atoms with van der Waals surface area (Å²) in [4.78, 5) is 30.5. The van der Waals surface area contributed by atoms with Crippen molar-refractivity contribution in [2.45, 2.75) is 100 Å². The normalized spacial score (nSPS) is 22.5. The Bertz CT molecular complexity index is 1790. The van der Waals surface area contributed by atoms with Crippen LogP contribution in [0, 0.1) is 0 Å². The lowest BCUT2D eigenvalue weighted by Crippen LogP contribution is -2.65. The number of carbonyl (C=O) groups is 2. The van der Waals surface area contributed by atoms with E-state index in [2.05, 4.69) is 20.0 Å². The fourth-order valence-corrected chi connectivity index (χ4v) is 6.68. The van der Waals surface area contributed by atoms with Crippen LogP contribution in [0.1, 0.15) is 53.6 Å². The largest absolute Gasteiger partial charge is 0.487 e. The van der Waals surface area contributed by atoms with E-state index in [0.29, 0.717) is 18.4 Å². The number of alkyl halides is 8. The number of nitrogens with zero attached hydrogens (tertiary/aromatic N) is 2. The van der Waals surface area contributed by atoms with E-state index in [9.17, 15) is 60.0 Å². The second-order valence-electron chi connectivity index (χ2n) is 12.6. The highest BCUT2D eigenvalue weighted by Crippen LogP contribution is 2.52. The van der Waals surface area contributed by atoms with Crippen molar-refractivity contribution in [2.75, 3.05) is 6.61 Å². The number of pyridine rings is 1. The Balaban J connectivity index is 1.47. The van der Waals surface area contributed by atoms with E-state index in [4.69, 9.17) is 18.9 Å². The molecule has 1 saturated carbocycles. The van der Waals surface area contributed by atoms with Gasteiger partial charge in [0.15, 0.2) is 11.5 Å². The summed E-state index contributed by atoms with van der Waals surface area (Å²) in [7, 11) is 0. The molecular formula is C33H33F8N3O10S. The van der Waals surface area contributed by atoms with Crippen molar-refractivity contribution in [3.8, 4) is 17.4 Å². The summed E-state index contributed by atoms with van der Waals surface area (Å²) < 4.78 is 135. The van der Waals surface area contributed by atoms with Gasteiger partial charge in [0.2, 0.25) is 18.1 Å². The van der Waals surface area contributed by atoms with E-state index in [1.54, 1.807) is 0 Å². The minimum atomic E-state index is -6.20. The molecule has 13 nitrogen and oxygen atoms in total. The van der Waals surface area contributed by atoms with Gasteiger partial charge in [0.25, 0.3) is 0 Å². The van der Waals surface area contributed by atoms with Crippen LogP contribution in [0.2, 0.25) is 0 Å². The zero-order valence-corrected chi connectivity index (χ0v) is 29.3. The number of aliphatic hydroxyl groups excluding tert-OH is 2. The van der Waals surface area contributed by atoms with Gasteiger partial charge < -0.3 is 44.3 Å². The third-order valence-electron chi connectivity index (χ3n) is 8.40. The second kappa shape index (κ2) is 16.4. The number of rotatable bonds is 14. The van der Waals surface area contributed by atoms with Gasteiger partial charge in [-0.1, -0.05) is 12.1 Å². The smallest absolute Gasteiger partial charge is 0.433 e. The predicted octanol–water partition coefficient (Wildman–Crippen LogP) is 4.26. The van der Waals surface area contributed by atoms with E-state index in [1.807, 2.05) is 0 Å². The second-order valence-corrected chi connectivity index (χ2v) is 13.7. The van der Waals surface area contributed by atoms with E-state index in [-0.39, 0.29) is 51.7 Å². The van der Waals surface area contributed by atoms with Crippen LogP contribution in [0.3, 0.4) is 0 Å². The van der Waals surface area contributed by atoms with Crippen molar-refractivity contribution in [3.05, 3.63) is 63.7 Å². The quantitative estimate of drug-likeness (QED) is 0.135. The maximum atomic E-state index is 13.7.